The number of hydrogen-bond donors (Lipinski definition) is 1. The van der Waals surface area contributed by atoms with Crippen LogP contribution in [0.1, 0.15) is 36.9 Å². The van der Waals surface area contributed by atoms with Gasteiger partial charge in [-0.3, -0.25) is 0 Å². The van der Waals surface area contributed by atoms with E-state index in [-0.39, 0.29) is 5.92 Å². The summed E-state index contributed by atoms with van der Waals surface area (Å²) in [7, 11) is 0. The molecule has 0 aliphatic carbocycles. The molecule has 1 aromatic rings. The first-order chi connectivity index (χ1) is 6.81. The lowest BCUT2D eigenvalue weighted by atomic mass is 10.1. The molecule has 4 nitrogen and oxygen atoms in total. The lowest BCUT2D eigenvalue weighted by molar-refractivity contribution is 0.354. The zero-order chi connectivity index (χ0) is 9.97. The van der Waals surface area contributed by atoms with Gasteiger partial charge in [-0.25, -0.2) is 0 Å². The van der Waals surface area contributed by atoms with Crippen molar-refractivity contribution in [1.29, 1.82) is 0 Å². The second-order valence-electron chi connectivity index (χ2n) is 3.70. The van der Waals surface area contributed by atoms with Crippen LogP contribution in [0.15, 0.2) is 17.2 Å². The predicted molar refractivity (Wildman–Crippen MR) is 53.1 cm³/mol. The molecule has 0 amide bonds. The highest BCUT2D eigenvalue weighted by atomic mass is 16.5. The van der Waals surface area contributed by atoms with Crippen LogP contribution in [0.5, 0.6) is 0 Å². The second-order valence-corrected chi connectivity index (χ2v) is 3.70. The van der Waals surface area contributed by atoms with Gasteiger partial charge >= 0.3 is 0 Å². The average Bonchev–Trinajstić information content (AvgIpc) is 2.86. The highest BCUT2D eigenvalue weighted by Crippen LogP contribution is 2.22. The SMILES string of the molecule is C=CC(C)c1noc(C2CCNC2)n1. The van der Waals surface area contributed by atoms with Gasteiger partial charge in [0.15, 0.2) is 5.82 Å². The molecule has 1 saturated heterocycles. The van der Waals surface area contributed by atoms with Crippen molar-refractivity contribution in [2.45, 2.75) is 25.2 Å². The van der Waals surface area contributed by atoms with Crippen LogP contribution in [0.25, 0.3) is 0 Å². The molecular weight excluding hydrogens is 178 g/mol. The minimum Gasteiger partial charge on any atom is -0.339 e. The zero-order valence-electron chi connectivity index (χ0n) is 8.36. The van der Waals surface area contributed by atoms with E-state index < -0.39 is 0 Å². The molecule has 0 bridgehead atoms. The summed E-state index contributed by atoms with van der Waals surface area (Å²) in [6.07, 6.45) is 2.91. The molecule has 4 heteroatoms. The molecule has 2 atom stereocenters. The number of nitrogens with one attached hydrogen (secondary N) is 1. The van der Waals surface area contributed by atoms with Crippen LogP contribution < -0.4 is 5.32 Å². The van der Waals surface area contributed by atoms with Crippen LogP contribution in [0.4, 0.5) is 0 Å². The van der Waals surface area contributed by atoms with Crippen molar-refractivity contribution < 1.29 is 4.52 Å². The van der Waals surface area contributed by atoms with Crippen molar-refractivity contribution in [1.82, 2.24) is 15.5 Å². The normalized spacial score (nSPS) is 23.6. The molecule has 0 aromatic carbocycles. The van der Waals surface area contributed by atoms with E-state index in [0.717, 1.165) is 31.2 Å². The summed E-state index contributed by atoms with van der Waals surface area (Å²) < 4.78 is 5.22. The van der Waals surface area contributed by atoms with Gasteiger partial charge in [0.25, 0.3) is 0 Å². The van der Waals surface area contributed by atoms with E-state index in [1.54, 1.807) is 0 Å². The zero-order valence-corrected chi connectivity index (χ0v) is 8.36. The summed E-state index contributed by atoms with van der Waals surface area (Å²) in [4.78, 5) is 4.37. The van der Waals surface area contributed by atoms with Gasteiger partial charge in [0.1, 0.15) is 0 Å². The first-order valence-electron chi connectivity index (χ1n) is 4.98. The third-order valence-corrected chi connectivity index (χ3v) is 2.63. The number of hydrogen-bond acceptors (Lipinski definition) is 4. The van der Waals surface area contributed by atoms with Gasteiger partial charge in [-0.2, -0.15) is 4.98 Å². The topological polar surface area (TPSA) is 51.0 Å². The summed E-state index contributed by atoms with van der Waals surface area (Å²) >= 11 is 0. The van der Waals surface area contributed by atoms with Crippen molar-refractivity contribution in [3.63, 3.8) is 0 Å². The van der Waals surface area contributed by atoms with Crippen molar-refractivity contribution >= 4 is 0 Å². The Hall–Kier alpha value is -1.16. The van der Waals surface area contributed by atoms with E-state index in [4.69, 9.17) is 4.52 Å². The molecule has 1 fully saturated rings. The molecule has 1 aromatic heterocycles. The Kier molecular flexibility index (Phi) is 2.63. The summed E-state index contributed by atoms with van der Waals surface area (Å²) in [6.45, 7) is 7.71. The van der Waals surface area contributed by atoms with Crippen LogP contribution in [0.3, 0.4) is 0 Å². The van der Waals surface area contributed by atoms with E-state index in [2.05, 4.69) is 22.0 Å². The Morgan fingerprint density at radius 1 is 1.71 bits per heavy atom. The first-order valence-corrected chi connectivity index (χ1v) is 4.98. The molecule has 1 N–H and O–H groups in total. The van der Waals surface area contributed by atoms with Gasteiger partial charge < -0.3 is 9.84 Å². The predicted octanol–water partition coefficient (Wildman–Crippen LogP) is 1.44. The minimum absolute atomic E-state index is 0.168. The van der Waals surface area contributed by atoms with Crippen molar-refractivity contribution in [2.75, 3.05) is 13.1 Å². The molecule has 2 unspecified atom stereocenters. The number of rotatable bonds is 3. The molecule has 0 spiro atoms. The lowest BCUT2D eigenvalue weighted by Crippen LogP contribution is -2.08. The van der Waals surface area contributed by atoms with E-state index in [0.29, 0.717) is 5.92 Å². The molecule has 0 saturated carbocycles. The van der Waals surface area contributed by atoms with Crippen molar-refractivity contribution in [3.05, 3.63) is 24.4 Å². The van der Waals surface area contributed by atoms with E-state index in [1.165, 1.54) is 0 Å². The Bertz CT molecular complexity index is 315. The van der Waals surface area contributed by atoms with Crippen molar-refractivity contribution in [3.8, 4) is 0 Å². The highest BCUT2D eigenvalue weighted by molar-refractivity contribution is 5.05. The summed E-state index contributed by atoms with van der Waals surface area (Å²) in [5, 5.41) is 7.22. The fourth-order valence-corrected chi connectivity index (χ4v) is 1.57. The van der Waals surface area contributed by atoms with E-state index >= 15 is 0 Å². The molecule has 1 aliphatic heterocycles. The first kappa shape index (κ1) is 9.40. The summed E-state index contributed by atoms with van der Waals surface area (Å²) in [5.74, 6) is 2.07. The van der Waals surface area contributed by atoms with Crippen LogP contribution in [0.2, 0.25) is 0 Å². The molecule has 1 aliphatic rings. The molecule has 76 valence electrons. The molecule has 14 heavy (non-hydrogen) atoms. The average molecular weight is 193 g/mol. The van der Waals surface area contributed by atoms with E-state index in [9.17, 15) is 0 Å². The van der Waals surface area contributed by atoms with Crippen LogP contribution in [0, 0.1) is 0 Å². The van der Waals surface area contributed by atoms with E-state index in [1.807, 2.05) is 13.0 Å². The van der Waals surface area contributed by atoms with Gasteiger partial charge in [-0.1, -0.05) is 18.2 Å². The fraction of sp³-hybridized carbons (Fsp3) is 0.600. The van der Waals surface area contributed by atoms with Gasteiger partial charge in [-0.15, -0.1) is 6.58 Å². The quantitative estimate of drug-likeness (QED) is 0.738. The summed E-state index contributed by atoms with van der Waals surface area (Å²) in [6, 6.07) is 0. The maximum Gasteiger partial charge on any atom is 0.231 e. The maximum atomic E-state index is 5.22. The smallest absolute Gasteiger partial charge is 0.231 e. The number of nitrogens with zero attached hydrogens (tertiary/aromatic N) is 2. The Morgan fingerprint density at radius 3 is 3.21 bits per heavy atom. The summed E-state index contributed by atoms with van der Waals surface area (Å²) in [5.41, 5.74) is 0. The third-order valence-electron chi connectivity index (χ3n) is 2.63. The molecule has 2 rings (SSSR count). The van der Waals surface area contributed by atoms with Gasteiger partial charge in [0.05, 0.1) is 5.92 Å². The Labute approximate surface area is 83.4 Å². The number of allylic oxidation sites excluding steroid dienone is 1. The minimum atomic E-state index is 0.168. The van der Waals surface area contributed by atoms with Crippen LogP contribution in [-0.2, 0) is 0 Å². The largest absolute Gasteiger partial charge is 0.339 e. The van der Waals surface area contributed by atoms with Gasteiger partial charge in [0, 0.05) is 12.5 Å². The number of aromatic nitrogens is 2. The standard InChI is InChI=1S/C10H15N3O/c1-3-7(2)9-12-10(14-13-9)8-4-5-11-6-8/h3,7-8,11H,1,4-6H2,2H3. The molecule has 0 radical (unpaired) electrons. The Balaban J connectivity index is 2.12. The Morgan fingerprint density at radius 2 is 2.57 bits per heavy atom. The lowest BCUT2D eigenvalue weighted by Gasteiger charge is -1.99. The maximum absolute atomic E-state index is 5.22. The third kappa shape index (κ3) is 1.70. The fourth-order valence-electron chi connectivity index (χ4n) is 1.57. The van der Waals surface area contributed by atoms with Crippen molar-refractivity contribution in [2.24, 2.45) is 0 Å². The van der Waals surface area contributed by atoms with Crippen LogP contribution in [-0.4, -0.2) is 23.2 Å². The van der Waals surface area contributed by atoms with Crippen LogP contribution >= 0.6 is 0 Å². The molecular formula is C10H15N3O. The highest BCUT2D eigenvalue weighted by Gasteiger charge is 2.23. The molecule has 2 heterocycles. The monoisotopic (exact) mass is 193 g/mol. The second kappa shape index (κ2) is 3.92. The van der Waals surface area contributed by atoms with Gasteiger partial charge in [0.2, 0.25) is 5.89 Å². The van der Waals surface area contributed by atoms with Gasteiger partial charge in [-0.05, 0) is 13.0 Å².